The van der Waals surface area contributed by atoms with E-state index in [4.69, 9.17) is 0 Å². The molecule has 0 aliphatic heterocycles. The molecule has 3 nitrogen and oxygen atoms in total. The van der Waals surface area contributed by atoms with E-state index in [9.17, 15) is 0 Å². The first-order valence-electron chi connectivity index (χ1n) is 6.82. The number of nitrogens with zero attached hydrogens (tertiary/aromatic N) is 3. The van der Waals surface area contributed by atoms with Gasteiger partial charge >= 0.3 is 21.7 Å². The summed E-state index contributed by atoms with van der Waals surface area (Å²) < 4.78 is 0. The largest absolute Gasteiger partial charge is 4.00 e. The number of allylic oxidation sites excluding steroid dienone is 3. The molecular weight excluding hydrogens is 294 g/mol. The van der Waals surface area contributed by atoms with Gasteiger partial charge in [0.1, 0.15) is 0 Å². The Morgan fingerprint density at radius 1 is 1.10 bits per heavy atom. The van der Waals surface area contributed by atoms with Gasteiger partial charge in [-0.15, -0.1) is 12.1 Å². The van der Waals surface area contributed by atoms with Crippen LogP contribution in [0.25, 0.3) is 16.0 Å². The van der Waals surface area contributed by atoms with E-state index in [1.54, 1.807) is 28.2 Å². The Bertz CT molecular complexity index is 253. The molecule has 1 atom stereocenters. The van der Waals surface area contributed by atoms with E-state index in [2.05, 4.69) is 61.9 Å². The minimum atomic E-state index is 0. The Morgan fingerprint density at radius 2 is 1.52 bits per heavy atom. The molecule has 21 heavy (non-hydrogen) atoms. The van der Waals surface area contributed by atoms with Gasteiger partial charge in [0, 0.05) is 0 Å². The molecular formula is C17H35N3Ti. The van der Waals surface area contributed by atoms with Crippen LogP contribution in [-0.4, -0.2) is 40.3 Å². The maximum absolute atomic E-state index is 4.63. The Labute approximate surface area is 149 Å². The summed E-state index contributed by atoms with van der Waals surface area (Å²) in [6, 6.07) is 0. The molecule has 4 heteroatoms. The van der Waals surface area contributed by atoms with Crippen LogP contribution in [0.1, 0.15) is 34.1 Å². The Balaban J connectivity index is -0.000000157. The van der Waals surface area contributed by atoms with Crippen molar-refractivity contribution in [2.24, 2.45) is 5.92 Å². The van der Waals surface area contributed by atoms with Crippen molar-refractivity contribution in [3.8, 4) is 0 Å². The minimum Gasteiger partial charge on any atom is -0.668 e. The van der Waals surface area contributed by atoms with E-state index < -0.39 is 0 Å². The maximum Gasteiger partial charge on any atom is 4.00 e. The molecule has 0 aromatic rings. The fourth-order valence-electron chi connectivity index (χ4n) is 1.36. The first-order chi connectivity index (χ1) is 8.82. The third-order valence-electron chi connectivity index (χ3n) is 2.27. The zero-order chi connectivity index (χ0) is 15.3. The van der Waals surface area contributed by atoms with Crippen molar-refractivity contribution >= 4 is 0 Å². The average Bonchev–Trinajstić information content (AvgIpc) is 2.80. The van der Waals surface area contributed by atoms with E-state index in [-0.39, 0.29) is 34.7 Å². The Hall–Kier alpha value is 0.0743. The van der Waals surface area contributed by atoms with E-state index in [1.807, 2.05) is 0 Å². The molecule has 122 valence electrons. The molecule has 1 rings (SSSR count). The van der Waals surface area contributed by atoms with Crippen LogP contribution < -0.4 is 0 Å². The van der Waals surface area contributed by atoms with E-state index >= 15 is 0 Å². The molecule has 0 fully saturated rings. The van der Waals surface area contributed by atoms with Crippen molar-refractivity contribution in [1.29, 1.82) is 0 Å². The standard InChI is InChI=1S/C12H20N.2C2H6N.CH3.Ti/c1-10(9-13-12(2,3)4)11-7-5-6-8-11;2*1-3-2;;/h5-7,10H,8-9H2,1-4H3;2*1-2H3;1H3;/q4*-1;+4. The summed E-state index contributed by atoms with van der Waals surface area (Å²) in [5, 5.41) is 11.6. The monoisotopic (exact) mass is 329 g/mol. The summed E-state index contributed by atoms with van der Waals surface area (Å²) in [5.41, 5.74) is 1.63. The van der Waals surface area contributed by atoms with Gasteiger partial charge in [0.15, 0.2) is 0 Å². The van der Waals surface area contributed by atoms with Gasteiger partial charge in [-0.25, -0.2) is 0 Å². The molecule has 0 saturated heterocycles. The average molecular weight is 329 g/mol. The predicted molar refractivity (Wildman–Crippen MR) is 95.8 cm³/mol. The van der Waals surface area contributed by atoms with Crippen molar-refractivity contribution in [1.82, 2.24) is 0 Å². The van der Waals surface area contributed by atoms with Crippen LogP contribution in [0, 0.1) is 13.3 Å². The van der Waals surface area contributed by atoms with Crippen molar-refractivity contribution in [2.45, 2.75) is 39.7 Å². The number of hydrogen-bond acceptors (Lipinski definition) is 0. The molecule has 0 amide bonds. The molecule has 1 unspecified atom stereocenters. The van der Waals surface area contributed by atoms with Gasteiger partial charge in [-0.3, -0.25) is 0 Å². The molecule has 1 aliphatic rings. The molecule has 0 heterocycles. The number of rotatable bonds is 3. The van der Waals surface area contributed by atoms with Crippen LogP contribution in [0.3, 0.4) is 0 Å². The molecule has 0 radical (unpaired) electrons. The van der Waals surface area contributed by atoms with Crippen LogP contribution in [0.5, 0.6) is 0 Å². The van der Waals surface area contributed by atoms with Crippen LogP contribution in [0.15, 0.2) is 23.8 Å². The van der Waals surface area contributed by atoms with Gasteiger partial charge in [0.2, 0.25) is 0 Å². The van der Waals surface area contributed by atoms with Gasteiger partial charge in [0.05, 0.1) is 0 Å². The van der Waals surface area contributed by atoms with E-state index in [0.717, 1.165) is 13.0 Å². The Kier molecular flexibility index (Phi) is 25.1. The van der Waals surface area contributed by atoms with Gasteiger partial charge in [-0.05, 0) is 12.3 Å². The van der Waals surface area contributed by atoms with Crippen LogP contribution in [0.2, 0.25) is 0 Å². The SMILES string of the molecule is CC(C[N-]C(C)(C)C)C1=CC=CC1.C[N-]C.C[N-]C.[CH3-].[Ti+4]. The summed E-state index contributed by atoms with van der Waals surface area (Å²) >= 11 is 0. The fraction of sp³-hybridized carbons (Fsp3) is 0.706. The van der Waals surface area contributed by atoms with Gasteiger partial charge in [-0.2, -0.15) is 28.2 Å². The summed E-state index contributed by atoms with van der Waals surface area (Å²) in [4.78, 5) is 0. The van der Waals surface area contributed by atoms with Crippen LogP contribution >= 0.6 is 0 Å². The van der Waals surface area contributed by atoms with Crippen molar-refractivity contribution < 1.29 is 21.7 Å². The van der Waals surface area contributed by atoms with Gasteiger partial charge < -0.3 is 23.4 Å². The zero-order valence-corrected chi connectivity index (χ0v) is 17.1. The van der Waals surface area contributed by atoms with Gasteiger partial charge in [-0.1, -0.05) is 51.5 Å². The van der Waals surface area contributed by atoms with E-state index in [0.29, 0.717) is 5.92 Å². The molecule has 0 bridgehead atoms. The molecule has 0 N–H and O–H groups in total. The molecule has 0 aromatic carbocycles. The van der Waals surface area contributed by atoms with Crippen LogP contribution in [-0.2, 0) is 21.7 Å². The third-order valence-corrected chi connectivity index (χ3v) is 2.27. The Morgan fingerprint density at radius 3 is 1.81 bits per heavy atom. The van der Waals surface area contributed by atoms with Crippen molar-refractivity contribution in [3.63, 3.8) is 0 Å². The second-order valence-electron chi connectivity index (χ2n) is 5.68. The summed E-state index contributed by atoms with van der Waals surface area (Å²) in [6.07, 6.45) is 7.70. The van der Waals surface area contributed by atoms with Gasteiger partial charge in [0.25, 0.3) is 0 Å². The first-order valence-corrected chi connectivity index (χ1v) is 6.82. The van der Waals surface area contributed by atoms with Crippen molar-refractivity contribution in [2.75, 3.05) is 34.7 Å². The maximum atomic E-state index is 4.63. The topological polar surface area (TPSA) is 42.3 Å². The fourth-order valence-corrected chi connectivity index (χ4v) is 1.36. The second kappa shape index (κ2) is 18.1. The first kappa shape index (κ1) is 29.1. The summed E-state index contributed by atoms with van der Waals surface area (Å²) in [6.45, 7) is 9.67. The normalized spacial score (nSPS) is 13.4. The molecule has 1 aliphatic carbocycles. The number of hydrogen-bond donors (Lipinski definition) is 0. The predicted octanol–water partition coefficient (Wildman–Crippen LogP) is 5.37. The smallest absolute Gasteiger partial charge is 0.668 e. The molecule has 0 aromatic heterocycles. The third kappa shape index (κ3) is 22.5. The van der Waals surface area contributed by atoms with Crippen molar-refractivity contribution in [3.05, 3.63) is 47.2 Å². The molecule has 0 saturated carbocycles. The summed E-state index contributed by atoms with van der Waals surface area (Å²) in [7, 11) is 7.00. The summed E-state index contributed by atoms with van der Waals surface area (Å²) in [5.74, 6) is 0.606. The molecule has 0 spiro atoms. The van der Waals surface area contributed by atoms with E-state index in [1.165, 1.54) is 5.57 Å². The second-order valence-corrected chi connectivity index (χ2v) is 5.68. The van der Waals surface area contributed by atoms with Crippen LogP contribution in [0.4, 0.5) is 0 Å². The quantitative estimate of drug-likeness (QED) is 0.493. The minimum absolute atomic E-state index is 0. The zero-order valence-electron chi connectivity index (χ0n) is 15.6.